The first-order valence-corrected chi connectivity index (χ1v) is 6.60. The lowest BCUT2D eigenvalue weighted by atomic mass is 9.62. The Hall–Kier alpha value is -0.850. The molecule has 0 aliphatic heterocycles. The molecule has 1 heteroatoms. The van der Waals surface area contributed by atoms with E-state index in [1.54, 1.807) is 12.1 Å². The number of hydrogen-bond acceptors (Lipinski definition) is 0. The smallest absolute Gasteiger partial charge is 0.123 e. The van der Waals surface area contributed by atoms with E-state index in [2.05, 4.69) is 0 Å². The van der Waals surface area contributed by atoms with Crippen molar-refractivity contribution in [2.75, 3.05) is 0 Å². The summed E-state index contributed by atoms with van der Waals surface area (Å²) in [4.78, 5) is 0. The summed E-state index contributed by atoms with van der Waals surface area (Å²) in [5.41, 5.74) is 1.39. The summed E-state index contributed by atoms with van der Waals surface area (Å²) in [7, 11) is 0. The zero-order valence-electron chi connectivity index (χ0n) is 9.66. The standard InChI is InChI=1S/C15H19F/c16-14-9-7-13(8-10-14)15-11-3-1-4-12(15)6-2-5-11/h7-12,15H,1-6H2. The van der Waals surface area contributed by atoms with Crippen LogP contribution in [0.4, 0.5) is 4.39 Å². The Labute approximate surface area is 96.9 Å². The molecule has 0 unspecified atom stereocenters. The summed E-state index contributed by atoms with van der Waals surface area (Å²) in [5, 5.41) is 0. The van der Waals surface area contributed by atoms with Crippen molar-refractivity contribution in [3.63, 3.8) is 0 Å². The molecule has 0 nitrogen and oxygen atoms in total. The first kappa shape index (κ1) is 10.3. The predicted molar refractivity (Wildman–Crippen MR) is 63.8 cm³/mol. The second-order valence-electron chi connectivity index (χ2n) is 5.46. The molecule has 0 heterocycles. The molecule has 2 saturated carbocycles. The highest BCUT2D eigenvalue weighted by Gasteiger charge is 2.36. The lowest BCUT2D eigenvalue weighted by Crippen LogP contribution is -2.30. The fourth-order valence-corrected chi connectivity index (χ4v) is 3.91. The van der Waals surface area contributed by atoms with Crippen LogP contribution in [0.3, 0.4) is 0 Å². The van der Waals surface area contributed by atoms with Crippen LogP contribution >= 0.6 is 0 Å². The molecular weight excluding hydrogens is 199 g/mol. The summed E-state index contributed by atoms with van der Waals surface area (Å²) in [5.74, 6) is 2.36. The Morgan fingerprint density at radius 2 is 1.31 bits per heavy atom. The summed E-state index contributed by atoms with van der Waals surface area (Å²) in [6.07, 6.45) is 8.37. The van der Waals surface area contributed by atoms with Crippen molar-refractivity contribution in [2.24, 2.45) is 11.8 Å². The predicted octanol–water partition coefficient (Wildman–Crippen LogP) is 4.51. The van der Waals surface area contributed by atoms with Crippen LogP contribution in [-0.4, -0.2) is 0 Å². The molecule has 0 aromatic heterocycles. The Morgan fingerprint density at radius 3 is 1.81 bits per heavy atom. The third-order valence-corrected chi connectivity index (χ3v) is 4.57. The SMILES string of the molecule is Fc1ccc(C2C3CCCC2CCC3)cc1. The van der Waals surface area contributed by atoms with Crippen molar-refractivity contribution < 1.29 is 4.39 Å². The average Bonchev–Trinajstić information content (AvgIpc) is 2.29. The van der Waals surface area contributed by atoms with Crippen LogP contribution in [0.2, 0.25) is 0 Å². The van der Waals surface area contributed by atoms with E-state index in [0.717, 1.165) is 17.8 Å². The van der Waals surface area contributed by atoms with Crippen molar-refractivity contribution in [3.8, 4) is 0 Å². The number of halogens is 1. The van der Waals surface area contributed by atoms with Gasteiger partial charge in [0.05, 0.1) is 0 Å². The second kappa shape index (κ2) is 4.20. The van der Waals surface area contributed by atoms with Crippen molar-refractivity contribution in [1.82, 2.24) is 0 Å². The Bertz CT molecular complexity index is 332. The summed E-state index contributed by atoms with van der Waals surface area (Å²) >= 11 is 0. The molecule has 2 bridgehead atoms. The minimum atomic E-state index is -0.107. The molecule has 16 heavy (non-hydrogen) atoms. The number of benzene rings is 1. The number of rotatable bonds is 1. The highest BCUT2D eigenvalue weighted by atomic mass is 19.1. The van der Waals surface area contributed by atoms with Gasteiger partial charge in [0.1, 0.15) is 5.82 Å². The topological polar surface area (TPSA) is 0 Å². The van der Waals surface area contributed by atoms with Gasteiger partial charge in [-0.05, 0) is 61.1 Å². The fraction of sp³-hybridized carbons (Fsp3) is 0.600. The van der Waals surface area contributed by atoms with E-state index in [-0.39, 0.29) is 5.82 Å². The van der Waals surface area contributed by atoms with E-state index in [0.29, 0.717) is 0 Å². The molecule has 2 aliphatic rings. The number of hydrogen-bond donors (Lipinski definition) is 0. The van der Waals surface area contributed by atoms with Gasteiger partial charge in [-0.2, -0.15) is 0 Å². The highest BCUT2D eigenvalue weighted by molar-refractivity contribution is 5.23. The molecule has 0 saturated heterocycles. The Kier molecular flexibility index (Phi) is 2.70. The van der Waals surface area contributed by atoms with Gasteiger partial charge in [-0.25, -0.2) is 4.39 Å². The molecule has 0 radical (unpaired) electrons. The fourth-order valence-electron chi connectivity index (χ4n) is 3.91. The maximum absolute atomic E-state index is 12.9. The van der Waals surface area contributed by atoms with E-state index in [4.69, 9.17) is 0 Å². The number of fused-ring (bicyclic) bond motifs is 2. The molecule has 2 aliphatic carbocycles. The van der Waals surface area contributed by atoms with Gasteiger partial charge in [0.2, 0.25) is 0 Å². The van der Waals surface area contributed by atoms with Crippen molar-refractivity contribution in [3.05, 3.63) is 35.6 Å². The van der Waals surface area contributed by atoms with Crippen LogP contribution in [0.15, 0.2) is 24.3 Å². The molecular formula is C15H19F. The van der Waals surface area contributed by atoms with E-state index < -0.39 is 0 Å². The van der Waals surface area contributed by atoms with Crippen LogP contribution < -0.4 is 0 Å². The summed E-state index contributed by atoms with van der Waals surface area (Å²) in [6, 6.07) is 7.27. The molecule has 1 aromatic carbocycles. The monoisotopic (exact) mass is 218 g/mol. The van der Waals surface area contributed by atoms with Gasteiger partial charge in [0, 0.05) is 0 Å². The minimum absolute atomic E-state index is 0.107. The third kappa shape index (κ3) is 1.77. The van der Waals surface area contributed by atoms with Gasteiger partial charge in [-0.3, -0.25) is 0 Å². The Morgan fingerprint density at radius 1 is 0.812 bits per heavy atom. The van der Waals surface area contributed by atoms with Crippen molar-refractivity contribution in [1.29, 1.82) is 0 Å². The lowest BCUT2D eigenvalue weighted by Gasteiger charge is -2.43. The van der Waals surface area contributed by atoms with Crippen LogP contribution in [0, 0.1) is 17.7 Å². The van der Waals surface area contributed by atoms with Gasteiger partial charge in [-0.15, -0.1) is 0 Å². The molecule has 2 fully saturated rings. The largest absolute Gasteiger partial charge is 0.207 e. The Balaban J connectivity index is 1.89. The van der Waals surface area contributed by atoms with E-state index in [1.165, 1.54) is 44.1 Å². The molecule has 0 amide bonds. The maximum Gasteiger partial charge on any atom is 0.123 e. The van der Waals surface area contributed by atoms with Gasteiger partial charge in [0.15, 0.2) is 0 Å². The summed E-state index contributed by atoms with van der Waals surface area (Å²) < 4.78 is 12.9. The summed E-state index contributed by atoms with van der Waals surface area (Å²) in [6.45, 7) is 0. The average molecular weight is 218 g/mol. The highest BCUT2D eigenvalue weighted by Crippen LogP contribution is 2.49. The van der Waals surface area contributed by atoms with E-state index in [9.17, 15) is 4.39 Å². The second-order valence-corrected chi connectivity index (χ2v) is 5.46. The van der Waals surface area contributed by atoms with Gasteiger partial charge in [0.25, 0.3) is 0 Å². The van der Waals surface area contributed by atoms with Crippen molar-refractivity contribution in [2.45, 2.75) is 44.4 Å². The van der Waals surface area contributed by atoms with Gasteiger partial charge < -0.3 is 0 Å². The van der Waals surface area contributed by atoms with Crippen LogP contribution in [0.5, 0.6) is 0 Å². The zero-order chi connectivity index (χ0) is 11.0. The molecule has 0 N–H and O–H groups in total. The first-order chi connectivity index (χ1) is 7.84. The van der Waals surface area contributed by atoms with Gasteiger partial charge in [-0.1, -0.05) is 25.0 Å². The first-order valence-electron chi connectivity index (χ1n) is 6.60. The molecule has 0 spiro atoms. The minimum Gasteiger partial charge on any atom is -0.207 e. The van der Waals surface area contributed by atoms with E-state index in [1.807, 2.05) is 12.1 Å². The van der Waals surface area contributed by atoms with Gasteiger partial charge >= 0.3 is 0 Å². The maximum atomic E-state index is 12.9. The normalized spacial score (nSPS) is 33.7. The third-order valence-electron chi connectivity index (χ3n) is 4.57. The van der Waals surface area contributed by atoms with Crippen LogP contribution in [0.25, 0.3) is 0 Å². The molecule has 86 valence electrons. The zero-order valence-corrected chi connectivity index (χ0v) is 9.66. The molecule has 1 aromatic rings. The lowest BCUT2D eigenvalue weighted by molar-refractivity contribution is 0.149. The van der Waals surface area contributed by atoms with Crippen LogP contribution in [0.1, 0.15) is 50.0 Å². The van der Waals surface area contributed by atoms with Crippen molar-refractivity contribution >= 4 is 0 Å². The molecule has 3 rings (SSSR count). The van der Waals surface area contributed by atoms with E-state index >= 15 is 0 Å². The molecule has 0 atom stereocenters. The quantitative estimate of drug-likeness (QED) is 0.650. The van der Waals surface area contributed by atoms with Crippen LogP contribution in [-0.2, 0) is 0 Å².